The molecule has 0 bridgehead atoms. The van der Waals surface area contributed by atoms with Gasteiger partial charge in [-0.15, -0.1) is 0 Å². The second-order valence-corrected chi connectivity index (χ2v) is 8.61. The van der Waals surface area contributed by atoms with Gasteiger partial charge in [0, 0.05) is 5.56 Å². The minimum Gasteiger partial charge on any atom is -0.492 e. The first-order chi connectivity index (χ1) is 16.4. The van der Waals surface area contributed by atoms with Crippen molar-refractivity contribution in [2.75, 3.05) is 13.2 Å². The number of hydrogen-bond acceptors (Lipinski definition) is 5. The van der Waals surface area contributed by atoms with Gasteiger partial charge in [-0.25, -0.2) is 8.78 Å². The lowest BCUT2D eigenvalue weighted by atomic mass is 10.2. The van der Waals surface area contributed by atoms with Crippen molar-refractivity contribution >= 4 is 40.6 Å². The maximum absolute atomic E-state index is 13.8. The molecular weight excluding hydrogens is 484 g/mol. The van der Waals surface area contributed by atoms with Crippen molar-refractivity contribution in [1.82, 2.24) is 4.90 Å². The Morgan fingerprint density at radius 3 is 2.47 bits per heavy atom. The van der Waals surface area contributed by atoms with E-state index >= 15 is 0 Å². The molecule has 0 unspecified atom stereocenters. The van der Waals surface area contributed by atoms with Gasteiger partial charge in [-0.1, -0.05) is 35.9 Å². The smallest absolute Gasteiger partial charge is 0.293 e. The Balaban J connectivity index is 1.36. The summed E-state index contributed by atoms with van der Waals surface area (Å²) in [5, 5.41) is -0.119. The van der Waals surface area contributed by atoms with Crippen molar-refractivity contribution < 1.29 is 27.8 Å². The molecule has 0 aromatic heterocycles. The van der Waals surface area contributed by atoms with Gasteiger partial charge in [-0.2, -0.15) is 0 Å². The highest BCUT2D eigenvalue weighted by Crippen LogP contribution is 2.34. The second-order valence-electron chi connectivity index (χ2n) is 7.21. The third-order valence-corrected chi connectivity index (χ3v) is 6.07. The van der Waals surface area contributed by atoms with Gasteiger partial charge in [0.1, 0.15) is 36.3 Å². The standard InChI is InChI=1S/C25H18ClF2NO4S/c26-20-13-16(5-10-22(20)33-15-17-3-1-2-4-21(17)28)14-23-24(30)29(25(31)34-23)11-12-32-19-8-6-18(27)7-9-19/h1-10,13-14H,11-12,15H2/b23-14-. The van der Waals surface area contributed by atoms with Crippen molar-refractivity contribution in [3.8, 4) is 11.5 Å². The third kappa shape index (κ3) is 5.76. The molecule has 3 aromatic carbocycles. The number of imide groups is 1. The predicted octanol–water partition coefficient (Wildman–Crippen LogP) is 6.31. The van der Waals surface area contributed by atoms with E-state index in [-0.39, 0.29) is 41.3 Å². The third-order valence-electron chi connectivity index (χ3n) is 4.87. The first kappa shape index (κ1) is 23.8. The fourth-order valence-electron chi connectivity index (χ4n) is 3.12. The molecule has 34 heavy (non-hydrogen) atoms. The zero-order valence-electron chi connectivity index (χ0n) is 17.7. The summed E-state index contributed by atoms with van der Waals surface area (Å²) in [5.74, 6) is -0.375. The van der Waals surface area contributed by atoms with E-state index in [1.807, 2.05) is 0 Å². The van der Waals surface area contributed by atoms with Crippen LogP contribution in [0.25, 0.3) is 6.08 Å². The Labute approximate surface area is 203 Å². The fraction of sp³-hybridized carbons (Fsp3) is 0.120. The van der Waals surface area contributed by atoms with E-state index in [0.29, 0.717) is 22.6 Å². The molecule has 0 N–H and O–H groups in total. The number of benzene rings is 3. The van der Waals surface area contributed by atoms with Gasteiger partial charge in [0.25, 0.3) is 11.1 Å². The average Bonchev–Trinajstić information content (AvgIpc) is 3.08. The monoisotopic (exact) mass is 501 g/mol. The molecule has 0 atom stereocenters. The number of halogens is 3. The van der Waals surface area contributed by atoms with Crippen LogP contribution in [0.15, 0.2) is 71.6 Å². The van der Waals surface area contributed by atoms with E-state index in [9.17, 15) is 18.4 Å². The molecule has 1 saturated heterocycles. The Hall–Kier alpha value is -3.36. The van der Waals surface area contributed by atoms with Crippen LogP contribution in [0.1, 0.15) is 11.1 Å². The maximum atomic E-state index is 13.8. The number of carbonyl (C=O) groups excluding carboxylic acids is 2. The topological polar surface area (TPSA) is 55.8 Å². The van der Waals surface area contributed by atoms with Crippen LogP contribution >= 0.6 is 23.4 Å². The number of hydrogen-bond donors (Lipinski definition) is 0. The molecule has 0 radical (unpaired) electrons. The normalized spacial score (nSPS) is 14.7. The number of nitrogens with zero attached hydrogens (tertiary/aromatic N) is 1. The van der Waals surface area contributed by atoms with Crippen LogP contribution in [-0.2, 0) is 11.4 Å². The summed E-state index contributed by atoms with van der Waals surface area (Å²) in [5.41, 5.74) is 1.01. The molecule has 0 saturated carbocycles. The Kier molecular flexibility index (Phi) is 7.49. The van der Waals surface area contributed by atoms with Gasteiger partial charge >= 0.3 is 0 Å². The zero-order chi connectivity index (χ0) is 24.1. The molecule has 1 aliphatic rings. The van der Waals surface area contributed by atoms with Crippen LogP contribution in [0.2, 0.25) is 5.02 Å². The van der Waals surface area contributed by atoms with Gasteiger partial charge in [0.2, 0.25) is 0 Å². The van der Waals surface area contributed by atoms with E-state index in [1.54, 1.807) is 42.5 Å². The molecule has 0 spiro atoms. The van der Waals surface area contributed by atoms with Crippen molar-refractivity contribution in [2.45, 2.75) is 6.61 Å². The summed E-state index contributed by atoms with van der Waals surface area (Å²) in [6.45, 7) is 0.157. The molecule has 9 heteroatoms. The lowest BCUT2D eigenvalue weighted by Gasteiger charge is -2.13. The minimum absolute atomic E-state index is 0.0185. The summed E-state index contributed by atoms with van der Waals surface area (Å²) in [4.78, 5) is 26.3. The number of rotatable bonds is 8. The lowest BCUT2D eigenvalue weighted by Crippen LogP contribution is -2.32. The Morgan fingerprint density at radius 1 is 0.971 bits per heavy atom. The van der Waals surface area contributed by atoms with Crippen LogP contribution in [-0.4, -0.2) is 29.2 Å². The molecule has 2 amide bonds. The molecule has 3 aromatic rings. The van der Waals surface area contributed by atoms with E-state index in [2.05, 4.69) is 0 Å². The summed E-state index contributed by atoms with van der Waals surface area (Å²) >= 11 is 7.12. The summed E-state index contributed by atoms with van der Waals surface area (Å²) in [6.07, 6.45) is 1.57. The number of amides is 2. The largest absolute Gasteiger partial charge is 0.492 e. The van der Waals surface area contributed by atoms with Gasteiger partial charge in [-0.3, -0.25) is 14.5 Å². The predicted molar refractivity (Wildman–Crippen MR) is 127 cm³/mol. The van der Waals surface area contributed by atoms with E-state index in [4.69, 9.17) is 21.1 Å². The van der Waals surface area contributed by atoms with Crippen LogP contribution < -0.4 is 9.47 Å². The molecule has 1 fully saturated rings. The number of ether oxygens (including phenoxy) is 2. The first-order valence-corrected chi connectivity index (χ1v) is 11.4. The molecular formula is C25H18ClF2NO4S. The molecule has 1 aliphatic heterocycles. The first-order valence-electron chi connectivity index (χ1n) is 10.2. The quantitative estimate of drug-likeness (QED) is 0.338. The SMILES string of the molecule is O=C1S/C(=C\c2ccc(OCc3ccccc3F)c(Cl)c2)C(=O)N1CCOc1ccc(F)cc1. The molecule has 174 valence electrons. The fourth-order valence-corrected chi connectivity index (χ4v) is 4.23. The molecule has 5 nitrogen and oxygen atoms in total. The molecule has 4 rings (SSSR count). The van der Waals surface area contributed by atoms with Crippen LogP contribution in [0.5, 0.6) is 11.5 Å². The highest BCUT2D eigenvalue weighted by Gasteiger charge is 2.34. The van der Waals surface area contributed by atoms with Crippen LogP contribution in [0.3, 0.4) is 0 Å². The van der Waals surface area contributed by atoms with Crippen molar-refractivity contribution in [2.24, 2.45) is 0 Å². The average molecular weight is 502 g/mol. The number of carbonyl (C=O) groups is 2. The van der Waals surface area contributed by atoms with Gasteiger partial charge < -0.3 is 9.47 Å². The molecule has 1 heterocycles. The van der Waals surface area contributed by atoms with Gasteiger partial charge in [0.15, 0.2) is 0 Å². The Bertz CT molecular complexity index is 1250. The summed E-state index contributed by atoms with van der Waals surface area (Å²) in [6, 6.07) is 16.7. The molecule has 0 aliphatic carbocycles. The van der Waals surface area contributed by atoms with Crippen molar-refractivity contribution in [3.63, 3.8) is 0 Å². The highest BCUT2D eigenvalue weighted by atomic mass is 35.5. The zero-order valence-corrected chi connectivity index (χ0v) is 19.2. The van der Waals surface area contributed by atoms with E-state index < -0.39 is 11.1 Å². The summed E-state index contributed by atoms with van der Waals surface area (Å²) in [7, 11) is 0. The summed E-state index contributed by atoms with van der Waals surface area (Å²) < 4.78 is 37.8. The van der Waals surface area contributed by atoms with Crippen LogP contribution in [0, 0.1) is 11.6 Å². The van der Waals surface area contributed by atoms with E-state index in [0.717, 1.165) is 16.7 Å². The number of thioether (sulfide) groups is 1. The van der Waals surface area contributed by atoms with Crippen molar-refractivity contribution in [3.05, 3.63) is 99.4 Å². The van der Waals surface area contributed by atoms with Crippen molar-refractivity contribution in [1.29, 1.82) is 0 Å². The lowest BCUT2D eigenvalue weighted by molar-refractivity contribution is -0.123. The van der Waals surface area contributed by atoms with Crippen LogP contribution in [0.4, 0.5) is 13.6 Å². The minimum atomic E-state index is -0.436. The van der Waals surface area contributed by atoms with E-state index in [1.165, 1.54) is 30.3 Å². The Morgan fingerprint density at radius 2 is 1.74 bits per heavy atom. The van der Waals surface area contributed by atoms with Gasteiger partial charge in [0.05, 0.1) is 16.5 Å². The maximum Gasteiger partial charge on any atom is 0.293 e. The van der Waals surface area contributed by atoms with Gasteiger partial charge in [-0.05, 0) is 65.9 Å². The highest BCUT2D eigenvalue weighted by molar-refractivity contribution is 8.18. The second kappa shape index (κ2) is 10.7.